The van der Waals surface area contributed by atoms with Gasteiger partial charge >= 0.3 is 5.69 Å². The van der Waals surface area contributed by atoms with Crippen molar-refractivity contribution in [1.82, 2.24) is 18.7 Å². The van der Waals surface area contributed by atoms with Gasteiger partial charge in [-0.15, -0.1) is 0 Å². The predicted octanol–water partition coefficient (Wildman–Crippen LogP) is 2.79. The molecule has 31 heavy (non-hydrogen) atoms. The second-order valence-electron chi connectivity index (χ2n) is 7.86. The Hall–Kier alpha value is -2.58. The van der Waals surface area contributed by atoms with E-state index in [-0.39, 0.29) is 19.3 Å². The van der Waals surface area contributed by atoms with E-state index in [0.717, 1.165) is 31.2 Å². The molecule has 1 aliphatic rings. The molecule has 3 aromatic rings. The molecule has 1 aromatic carbocycles. The maximum atomic E-state index is 13.4. The van der Waals surface area contributed by atoms with Gasteiger partial charge in [0.15, 0.2) is 11.2 Å². The van der Waals surface area contributed by atoms with Crippen LogP contribution in [0.4, 0.5) is 0 Å². The number of halogens is 1. The maximum absolute atomic E-state index is 13.4. The summed E-state index contributed by atoms with van der Waals surface area (Å²) in [6.07, 6.45) is 4.49. The van der Waals surface area contributed by atoms with E-state index in [1.165, 1.54) is 9.13 Å². The minimum absolute atomic E-state index is 0.0548. The molecular formula is C22H27ClN4O4. The molecule has 0 saturated heterocycles. The summed E-state index contributed by atoms with van der Waals surface area (Å²) < 4.78 is 10.7. The molecule has 166 valence electrons. The minimum atomic E-state index is -0.419. The lowest BCUT2D eigenvalue weighted by atomic mass is 10.2. The van der Waals surface area contributed by atoms with Gasteiger partial charge in [0.05, 0.1) is 6.54 Å². The quantitative estimate of drug-likeness (QED) is 0.574. The van der Waals surface area contributed by atoms with Crippen LogP contribution in [-0.2, 0) is 19.6 Å². The Labute approximate surface area is 184 Å². The Morgan fingerprint density at radius 1 is 1.13 bits per heavy atom. The highest BCUT2D eigenvalue weighted by atomic mass is 35.5. The van der Waals surface area contributed by atoms with Crippen molar-refractivity contribution in [3.05, 3.63) is 55.7 Å². The summed E-state index contributed by atoms with van der Waals surface area (Å²) in [5.41, 5.74) is 0.774. The summed E-state index contributed by atoms with van der Waals surface area (Å²) in [6.45, 7) is 2.63. The van der Waals surface area contributed by atoms with Gasteiger partial charge in [0.25, 0.3) is 11.6 Å². The summed E-state index contributed by atoms with van der Waals surface area (Å²) in [5.74, 6) is 0. The number of rotatable bonds is 8. The first-order valence-electron chi connectivity index (χ1n) is 10.8. The van der Waals surface area contributed by atoms with E-state index in [1.54, 1.807) is 16.7 Å². The first-order chi connectivity index (χ1) is 15.0. The van der Waals surface area contributed by atoms with Crippen LogP contribution in [0.3, 0.4) is 0 Å². The van der Waals surface area contributed by atoms with E-state index in [0.29, 0.717) is 41.7 Å². The highest BCUT2D eigenvalue weighted by Crippen LogP contribution is 2.27. The van der Waals surface area contributed by atoms with Crippen LogP contribution in [-0.4, -0.2) is 36.5 Å². The number of nitrogens with zero attached hydrogens (tertiary/aromatic N) is 4. The molecule has 2 heterocycles. The highest BCUT2D eigenvalue weighted by Gasteiger charge is 2.25. The number of aromatic nitrogens is 4. The van der Waals surface area contributed by atoms with Gasteiger partial charge in [0.2, 0.25) is 0 Å². The van der Waals surface area contributed by atoms with Crippen molar-refractivity contribution in [2.75, 3.05) is 6.61 Å². The normalized spacial score (nSPS) is 14.5. The van der Waals surface area contributed by atoms with E-state index in [2.05, 4.69) is 4.98 Å². The van der Waals surface area contributed by atoms with Crippen LogP contribution in [0.15, 0.2) is 33.9 Å². The Bertz CT molecular complexity index is 1170. The zero-order valence-electron chi connectivity index (χ0n) is 17.6. The van der Waals surface area contributed by atoms with Crippen molar-refractivity contribution in [1.29, 1.82) is 0 Å². The smallest absolute Gasteiger partial charge is 0.332 e. The Kier molecular flexibility index (Phi) is 6.48. The number of benzene rings is 1. The van der Waals surface area contributed by atoms with Gasteiger partial charge < -0.3 is 9.84 Å². The van der Waals surface area contributed by atoms with Crippen molar-refractivity contribution >= 4 is 22.8 Å². The van der Waals surface area contributed by atoms with Crippen LogP contribution in [0.25, 0.3) is 11.2 Å². The van der Waals surface area contributed by atoms with E-state index >= 15 is 0 Å². The third-order valence-electron chi connectivity index (χ3n) is 5.76. The average Bonchev–Trinajstić information content (AvgIpc) is 3.39. The van der Waals surface area contributed by atoms with Gasteiger partial charge in [-0.05, 0) is 56.7 Å². The first-order valence-corrected chi connectivity index (χ1v) is 11.2. The molecule has 1 fully saturated rings. The van der Waals surface area contributed by atoms with Crippen LogP contribution in [0.5, 0.6) is 6.01 Å². The summed E-state index contributed by atoms with van der Waals surface area (Å²) in [4.78, 5) is 30.9. The van der Waals surface area contributed by atoms with Gasteiger partial charge in [0, 0.05) is 24.7 Å². The number of hydrogen-bond acceptors (Lipinski definition) is 5. The van der Waals surface area contributed by atoms with Crippen LogP contribution in [0, 0.1) is 0 Å². The van der Waals surface area contributed by atoms with Crippen molar-refractivity contribution in [2.45, 2.75) is 64.8 Å². The van der Waals surface area contributed by atoms with Crippen LogP contribution >= 0.6 is 11.6 Å². The Balaban J connectivity index is 1.91. The van der Waals surface area contributed by atoms with Gasteiger partial charge in [0.1, 0.15) is 6.10 Å². The molecule has 0 unspecified atom stereocenters. The van der Waals surface area contributed by atoms with E-state index < -0.39 is 11.2 Å². The largest absolute Gasteiger partial charge is 0.461 e. The van der Waals surface area contributed by atoms with Crippen LogP contribution in [0.1, 0.15) is 44.6 Å². The zero-order chi connectivity index (χ0) is 22.0. The molecule has 1 saturated carbocycles. The molecule has 4 rings (SSSR count). The molecule has 0 aliphatic heterocycles. The Morgan fingerprint density at radius 3 is 2.48 bits per heavy atom. The SMILES string of the molecule is CCn1c(=O)n(CCCO)c(=O)c2c1nc(OC1CCCC1)n2Cc1ccc(Cl)cc1. The number of aryl methyl sites for hydroxylation is 1. The van der Waals surface area contributed by atoms with Gasteiger partial charge in [-0.1, -0.05) is 23.7 Å². The lowest BCUT2D eigenvalue weighted by Crippen LogP contribution is -2.40. The van der Waals surface area contributed by atoms with Crippen molar-refractivity contribution in [2.24, 2.45) is 0 Å². The average molecular weight is 447 g/mol. The van der Waals surface area contributed by atoms with Crippen molar-refractivity contribution < 1.29 is 9.84 Å². The molecule has 9 heteroatoms. The summed E-state index contributed by atoms with van der Waals surface area (Å²) in [6, 6.07) is 7.75. The number of hydrogen-bond donors (Lipinski definition) is 1. The fraction of sp³-hybridized carbons (Fsp3) is 0.500. The molecule has 0 spiro atoms. The fourth-order valence-corrected chi connectivity index (χ4v) is 4.27. The molecule has 8 nitrogen and oxygen atoms in total. The van der Waals surface area contributed by atoms with Gasteiger partial charge in [-0.2, -0.15) is 4.98 Å². The summed E-state index contributed by atoms with van der Waals surface area (Å²) in [5, 5.41) is 9.84. The number of imidazole rings is 1. The minimum Gasteiger partial charge on any atom is -0.461 e. The fourth-order valence-electron chi connectivity index (χ4n) is 4.15. The number of aliphatic hydroxyl groups excluding tert-OH is 1. The number of fused-ring (bicyclic) bond motifs is 1. The number of ether oxygens (including phenoxy) is 1. The van der Waals surface area contributed by atoms with Crippen LogP contribution in [0.2, 0.25) is 5.02 Å². The summed E-state index contributed by atoms with van der Waals surface area (Å²) >= 11 is 6.03. The second kappa shape index (κ2) is 9.28. The van der Waals surface area contributed by atoms with Crippen molar-refractivity contribution in [3.8, 4) is 6.01 Å². The predicted molar refractivity (Wildman–Crippen MR) is 119 cm³/mol. The molecular weight excluding hydrogens is 420 g/mol. The standard InChI is InChI=1S/C22H27ClN4O4/c1-2-25-19-18(20(29)26(22(25)30)12-5-13-28)27(14-15-8-10-16(23)11-9-15)21(24-19)31-17-6-3-4-7-17/h8-11,17,28H,2-7,12-14H2,1H3. The van der Waals surface area contributed by atoms with Crippen molar-refractivity contribution in [3.63, 3.8) is 0 Å². The Morgan fingerprint density at radius 2 is 1.84 bits per heavy atom. The van der Waals surface area contributed by atoms with Gasteiger partial charge in [-0.25, -0.2) is 4.79 Å². The maximum Gasteiger partial charge on any atom is 0.332 e. The molecule has 0 atom stereocenters. The molecule has 1 aliphatic carbocycles. The lowest BCUT2D eigenvalue weighted by molar-refractivity contribution is 0.186. The molecule has 1 N–H and O–H groups in total. The molecule has 0 radical (unpaired) electrons. The number of aliphatic hydroxyl groups is 1. The van der Waals surface area contributed by atoms with Crippen LogP contribution < -0.4 is 16.0 Å². The second-order valence-corrected chi connectivity index (χ2v) is 8.30. The monoisotopic (exact) mass is 446 g/mol. The zero-order valence-corrected chi connectivity index (χ0v) is 18.3. The highest BCUT2D eigenvalue weighted by molar-refractivity contribution is 6.30. The topological polar surface area (TPSA) is 91.3 Å². The molecule has 2 aromatic heterocycles. The third-order valence-corrected chi connectivity index (χ3v) is 6.02. The van der Waals surface area contributed by atoms with Gasteiger partial charge in [-0.3, -0.25) is 18.5 Å². The van der Waals surface area contributed by atoms with E-state index in [9.17, 15) is 14.7 Å². The molecule has 0 amide bonds. The third kappa shape index (κ3) is 4.27. The molecule has 0 bridgehead atoms. The summed E-state index contributed by atoms with van der Waals surface area (Å²) in [7, 11) is 0. The first kappa shape index (κ1) is 21.6. The van der Waals surface area contributed by atoms with E-state index in [1.807, 2.05) is 19.1 Å². The lowest BCUT2D eigenvalue weighted by Gasteiger charge is -2.15. The van der Waals surface area contributed by atoms with E-state index in [4.69, 9.17) is 16.3 Å².